The monoisotopic (exact) mass is 407 g/mol. The normalized spacial score (nSPS) is 17.9. The van der Waals surface area contributed by atoms with Crippen molar-refractivity contribution in [2.75, 3.05) is 20.3 Å². The zero-order valence-electron chi connectivity index (χ0n) is 17.7. The molecule has 0 saturated carbocycles. The van der Waals surface area contributed by atoms with Gasteiger partial charge in [-0.1, -0.05) is 12.1 Å². The van der Waals surface area contributed by atoms with Gasteiger partial charge in [-0.05, 0) is 82.8 Å². The van der Waals surface area contributed by atoms with Gasteiger partial charge in [0.1, 0.15) is 11.4 Å². The second-order valence-corrected chi connectivity index (χ2v) is 8.66. The van der Waals surface area contributed by atoms with Gasteiger partial charge in [0.05, 0.1) is 13.7 Å². The molecular weight excluding hydrogens is 374 g/mol. The minimum absolute atomic E-state index is 0.0929. The number of carbonyl (C=O) groups is 1. The highest BCUT2D eigenvalue weighted by Gasteiger charge is 2.37. The lowest BCUT2D eigenvalue weighted by atomic mass is 9.88. The van der Waals surface area contributed by atoms with Gasteiger partial charge in [0, 0.05) is 19.0 Å². The van der Waals surface area contributed by atoms with Crippen LogP contribution in [0.2, 0.25) is 0 Å². The molecule has 1 aromatic rings. The predicted molar refractivity (Wildman–Crippen MR) is 115 cm³/mol. The lowest BCUT2D eigenvalue weighted by Crippen LogP contribution is -2.44. The Balaban J connectivity index is 2.18. The maximum Gasteiger partial charge on any atom is 0.410 e. The zero-order valence-corrected chi connectivity index (χ0v) is 18.5. The molecule has 0 spiro atoms. The molecule has 1 aliphatic rings. The number of ether oxygens (including phenoxy) is 3. The molecule has 1 heterocycles. The van der Waals surface area contributed by atoms with E-state index in [9.17, 15) is 4.79 Å². The van der Waals surface area contributed by atoms with Gasteiger partial charge < -0.3 is 19.1 Å². The highest BCUT2D eigenvalue weighted by atomic mass is 32.1. The number of amides is 1. The summed E-state index contributed by atoms with van der Waals surface area (Å²) in [6, 6.07) is 8.17. The van der Waals surface area contributed by atoms with Crippen molar-refractivity contribution in [1.29, 1.82) is 0 Å². The number of hydrogen-bond donors (Lipinski definition) is 0. The standard InChI is InChI=1S/C22H33NO4S/c1-6-26-20(28)15-17(14-16-9-11-18(25-5)12-10-16)19-8-7-13-23(19)21(24)27-22(2,3)4/h9-12,17,19H,6-8,13-15H2,1-5H3. The smallest absolute Gasteiger partial charge is 0.410 e. The average Bonchev–Trinajstić information content (AvgIpc) is 3.10. The molecule has 156 valence electrons. The number of methoxy groups -OCH3 is 1. The van der Waals surface area contributed by atoms with Crippen molar-refractivity contribution in [3.8, 4) is 5.75 Å². The van der Waals surface area contributed by atoms with Crippen molar-refractivity contribution in [3.63, 3.8) is 0 Å². The van der Waals surface area contributed by atoms with Crippen LogP contribution in [0.3, 0.4) is 0 Å². The van der Waals surface area contributed by atoms with E-state index < -0.39 is 5.60 Å². The van der Waals surface area contributed by atoms with Gasteiger partial charge in [-0.15, -0.1) is 0 Å². The van der Waals surface area contributed by atoms with Crippen LogP contribution in [0.15, 0.2) is 24.3 Å². The first-order chi connectivity index (χ1) is 13.2. The van der Waals surface area contributed by atoms with Crippen LogP contribution in [0, 0.1) is 5.92 Å². The third-order valence-corrected chi connectivity index (χ3v) is 5.15. The Kier molecular flexibility index (Phi) is 8.10. The van der Waals surface area contributed by atoms with E-state index in [2.05, 4.69) is 12.1 Å². The summed E-state index contributed by atoms with van der Waals surface area (Å²) >= 11 is 5.44. The molecule has 1 amide bonds. The van der Waals surface area contributed by atoms with Crippen molar-refractivity contribution >= 4 is 23.4 Å². The van der Waals surface area contributed by atoms with E-state index in [0.717, 1.165) is 31.6 Å². The molecular formula is C22H33NO4S. The number of thiocarbonyl (C=S) groups is 1. The third kappa shape index (κ3) is 6.66. The number of rotatable bonds is 7. The molecule has 1 aliphatic heterocycles. The van der Waals surface area contributed by atoms with Gasteiger partial charge in [0.2, 0.25) is 0 Å². The topological polar surface area (TPSA) is 48.0 Å². The van der Waals surface area contributed by atoms with Crippen LogP contribution in [0.4, 0.5) is 4.79 Å². The third-order valence-electron chi connectivity index (χ3n) is 4.86. The second kappa shape index (κ2) is 10.1. The number of carbonyl (C=O) groups excluding carboxylic acids is 1. The highest BCUT2D eigenvalue weighted by molar-refractivity contribution is 7.80. The van der Waals surface area contributed by atoms with E-state index in [4.69, 9.17) is 26.4 Å². The van der Waals surface area contributed by atoms with Crippen molar-refractivity contribution < 1.29 is 19.0 Å². The first-order valence-corrected chi connectivity index (χ1v) is 10.4. The molecule has 0 aromatic heterocycles. The largest absolute Gasteiger partial charge is 0.497 e. The van der Waals surface area contributed by atoms with Crippen molar-refractivity contribution in [3.05, 3.63) is 29.8 Å². The van der Waals surface area contributed by atoms with E-state index in [1.165, 1.54) is 5.56 Å². The predicted octanol–water partition coefficient (Wildman–Crippen LogP) is 5.01. The van der Waals surface area contributed by atoms with Gasteiger partial charge in [-0.25, -0.2) is 4.79 Å². The molecule has 0 bridgehead atoms. The molecule has 1 aromatic carbocycles. The minimum atomic E-state index is -0.504. The molecule has 1 saturated heterocycles. The Hall–Kier alpha value is -1.82. The SMILES string of the molecule is CCOC(=S)CC(Cc1ccc(OC)cc1)C1CCCN1C(=O)OC(C)(C)C. The number of likely N-dealkylation sites (tertiary alicyclic amines) is 1. The van der Waals surface area contributed by atoms with Crippen molar-refractivity contribution in [2.45, 2.75) is 65.0 Å². The summed E-state index contributed by atoms with van der Waals surface area (Å²) in [5, 5.41) is 0.608. The second-order valence-electron chi connectivity index (χ2n) is 8.20. The molecule has 2 unspecified atom stereocenters. The summed E-state index contributed by atoms with van der Waals surface area (Å²) < 4.78 is 16.5. The molecule has 6 heteroatoms. The van der Waals surface area contributed by atoms with Crippen LogP contribution >= 0.6 is 12.2 Å². The first-order valence-electron chi connectivity index (χ1n) is 10.0. The summed E-state index contributed by atoms with van der Waals surface area (Å²) in [6.45, 7) is 8.92. The molecule has 2 atom stereocenters. The maximum atomic E-state index is 12.7. The minimum Gasteiger partial charge on any atom is -0.497 e. The maximum absolute atomic E-state index is 12.7. The lowest BCUT2D eigenvalue weighted by molar-refractivity contribution is 0.0176. The van der Waals surface area contributed by atoms with Crippen LogP contribution in [0.1, 0.15) is 52.5 Å². The van der Waals surface area contributed by atoms with Crippen molar-refractivity contribution in [1.82, 2.24) is 4.90 Å². The van der Waals surface area contributed by atoms with Gasteiger partial charge in [-0.3, -0.25) is 0 Å². The van der Waals surface area contributed by atoms with Gasteiger partial charge in [0.25, 0.3) is 0 Å². The molecule has 5 nitrogen and oxygen atoms in total. The Morgan fingerprint density at radius 2 is 1.96 bits per heavy atom. The summed E-state index contributed by atoms with van der Waals surface area (Å²) in [6.07, 6.45) is 3.16. The van der Waals surface area contributed by atoms with Gasteiger partial charge in [0.15, 0.2) is 5.05 Å². The number of hydrogen-bond acceptors (Lipinski definition) is 5. The number of nitrogens with zero attached hydrogens (tertiary/aromatic N) is 1. The van der Waals surface area contributed by atoms with E-state index in [1.54, 1.807) is 7.11 Å². The van der Waals surface area contributed by atoms with E-state index in [-0.39, 0.29) is 18.1 Å². The Morgan fingerprint density at radius 3 is 2.54 bits per heavy atom. The summed E-state index contributed by atoms with van der Waals surface area (Å²) in [5.41, 5.74) is 0.692. The molecule has 0 aliphatic carbocycles. The van der Waals surface area contributed by atoms with Crippen molar-refractivity contribution in [2.24, 2.45) is 5.92 Å². The fourth-order valence-electron chi connectivity index (χ4n) is 3.67. The van der Waals surface area contributed by atoms with Gasteiger partial charge in [-0.2, -0.15) is 0 Å². The zero-order chi connectivity index (χ0) is 20.7. The fourth-order valence-corrected chi connectivity index (χ4v) is 4.00. The van der Waals surface area contributed by atoms with E-state index in [0.29, 0.717) is 18.1 Å². The molecule has 28 heavy (non-hydrogen) atoms. The number of benzene rings is 1. The van der Waals surface area contributed by atoms with E-state index in [1.807, 2.05) is 44.7 Å². The Bertz CT molecular complexity index is 653. The Morgan fingerprint density at radius 1 is 1.29 bits per heavy atom. The average molecular weight is 408 g/mol. The quantitative estimate of drug-likeness (QED) is 0.595. The fraction of sp³-hybridized carbons (Fsp3) is 0.636. The summed E-state index contributed by atoms with van der Waals surface area (Å²) in [7, 11) is 1.66. The Labute approximate surface area is 174 Å². The van der Waals surface area contributed by atoms with E-state index >= 15 is 0 Å². The first kappa shape index (κ1) is 22.5. The summed E-state index contributed by atoms with van der Waals surface area (Å²) in [5.74, 6) is 1.02. The van der Waals surface area contributed by atoms with Crippen LogP contribution in [0.5, 0.6) is 5.75 Å². The molecule has 2 rings (SSSR count). The summed E-state index contributed by atoms with van der Waals surface area (Å²) in [4.78, 5) is 14.6. The van der Waals surface area contributed by atoms with Crippen LogP contribution in [0.25, 0.3) is 0 Å². The van der Waals surface area contributed by atoms with Crippen LogP contribution < -0.4 is 4.74 Å². The highest BCUT2D eigenvalue weighted by Crippen LogP contribution is 2.31. The molecule has 0 N–H and O–H groups in total. The van der Waals surface area contributed by atoms with Crippen LogP contribution in [-0.4, -0.2) is 47.9 Å². The lowest BCUT2D eigenvalue weighted by Gasteiger charge is -2.33. The molecule has 1 fully saturated rings. The van der Waals surface area contributed by atoms with Crippen LogP contribution in [-0.2, 0) is 15.9 Å². The molecule has 0 radical (unpaired) electrons. The van der Waals surface area contributed by atoms with Gasteiger partial charge >= 0.3 is 6.09 Å².